The van der Waals surface area contributed by atoms with Gasteiger partial charge in [-0.05, 0) is 38.1 Å². The average Bonchev–Trinajstić information content (AvgIpc) is 3.10. The third-order valence-corrected chi connectivity index (χ3v) is 5.51. The largest absolute Gasteiger partial charge is 0.342 e. The fourth-order valence-corrected chi connectivity index (χ4v) is 4.08. The molecule has 1 saturated heterocycles. The maximum atomic E-state index is 12.7. The van der Waals surface area contributed by atoms with E-state index in [0.717, 1.165) is 37.7 Å². The first kappa shape index (κ1) is 16.2. The number of ketones is 1. The van der Waals surface area contributed by atoms with Gasteiger partial charge in [-0.1, -0.05) is 36.8 Å². The van der Waals surface area contributed by atoms with Crippen LogP contribution in [0.5, 0.6) is 0 Å². The lowest BCUT2D eigenvalue weighted by Crippen LogP contribution is -2.44. The van der Waals surface area contributed by atoms with Gasteiger partial charge in [-0.25, -0.2) is 0 Å². The second-order valence-corrected chi connectivity index (χ2v) is 6.86. The molecule has 2 fully saturated rings. The van der Waals surface area contributed by atoms with Crippen molar-refractivity contribution < 1.29 is 9.59 Å². The Bertz CT molecular complexity index is 550. The van der Waals surface area contributed by atoms with Gasteiger partial charge >= 0.3 is 0 Å². The molecule has 2 N–H and O–H groups in total. The Hall–Kier alpha value is -1.68. The van der Waals surface area contributed by atoms with Gasteiger partial charge in [-0.15, -0.1) is 0 Å². The number of hydrogen-bond acceptors (Lipinski definition) is 3. The van der Waals surface area contributed by atoms with Gasteiger partial charge in [0.1, 0.15) is 0 Å². The van der Waals surface area contributed by atoms with E-state index in [1.807, 2.05) is 35.2 Å². The highest BCUT2D eigenvalue weighted by atomic mass is 16.2. The van der Waals surface area contributed by atoms with Crippen LogP contribution >= 0.6 is 0 Å². The maximum absolute atomic E-state index is 12.7. The van der Waals surface area contributed by atoms with Crippen molar-refractivity contribution >= 4 is 11.7 Å². The first-order chi connectivity index (χ1) is 11.2. The molecule has 3 rings (SSSR count). The molecule has 1 aromatic rings. The smallest absolute Gasteiger partial charge is 0.226 e. The summed E-state index contributed by atoms with van der Waals surface area (Å²) in [6, 6.07) is 9.49. The van der Waals surface area contributed by atoms with Crippen molar-refractivity contribution in [2.45, 2.75) is 32.1 Å². The highest BCUT2D eigenvalue weighted by Crippen LogP contribution is 2.33. The molecular formula is C19H26N2O2. The predicted molar refractivity (Wildman–Crippen MR) is 90.0 cm³/mol. The van der Waals surface area contributed by atoms with E-state index in [-0.39, 0.29) is 23.5 Å². The molecule has 0 radical (unpaired) electrons. The zero-order valence-electron chi connectivity index (χ0n) is 13.6. The number of nitrogens with zero attached hydrogens (tertiary/aromatic N) is 1. The average molecular weight is 314 g/mol. The van der Waals surface area contributed by atoms with E-state index in [4.69, 9.17) is 5.73 Å². The van der Waals surface area contributed by atoms with Gasteiger partial charge in [0.05, 0.1) is 0 Å². The van der Waals surface area contributed by atoms with Gasteiger partial charge in [-0.3, -0.25) is 9.59 Å². The van der Waals surface area contributed by atoms with Crippen molar-refractivity contribution in [1.82, 2.24) is 4.90 Å². The molecular weight excluding hydrogens is 288 g/mol. The summed E-state index contributed by atoms with van der Waals surface area (Å²) in [6.45, 7) is 2.02. The monoisotopic (exact) mass is 314 g/mol. The molecule has 0 aromatic heterocycles. The molecule has 2 aliphatic rings. The molecule has 124 valence electrons. The predicted octanol–water partition coefficient (Wildman–Crippen LogP) is 2.48. The minimum atomic E-state index is 0.0512. The van der Waals surface area contributed by atoms with Crippen LogP contribution < -0.4 is 5.73 Å². The molecule has 0 bridgehead atoms. The number of rotatable bonds is 4. The molecule has 4 nitrogen and oxygen atoms in total. The van der Waals surface area contributed by atoms with E-state index in [9.17, 15) is 9.59 Å². The Morgan fingerprint density at radius 3 is 2.39 bits per heavy atom. The molecule has 0 unspecified atom stereocenters. The summed E-state index contributed by atoms with van der Waals surface area (Å²) in [5, 5.41) is 0. The Morgan fingerprint density at radius 1 is 1.04 bits per heavy atom. The summed E-state index contributed by atoms with van der Waals surface area (Å²) in [6.07, 6.45) is 4.72. The lowest BCUT2D eigenvalue weighted by atomic mass is 9.87. The summed E-state index contributed by atoms with van der Waals surface area (Å²) in [5.41, 5.74) is 6.59. The molecule has 1 aliphatic heterocycles. The van der Waals surface area contributed by atoms with Crippen molar-refractivity contribution in [3.05, 3.63) is 35.9 Å². The maximum Gasteiger partial charge on any atom is 0.226 e. The van der Waals surface area contributed by atoms with E-state index in [1.165, 1.54) is 0 Å². The minimum Gasteiger partial charge on any atom is -0.342 e. The van der Waals surface area contributed by atoms with E-state index >= 15 is 0 Å². The minimum absolute atomic E-state index is 0.0512. The Morgan fingerprint density at radius 2 is 1.74 bits per heavy atom. The molecule has 1 amide bonds. The number of Topliss-reactive ketones (excluding diaryl/α,β-unsaturated/α-hetero) is 1. The van der Waals surface area contributed by atoms with Gasteiger partial charge in [0.2, 0.25) is 5.91 Å². The zero-order valence-corrected chi connectivity index (χ0v) is 13.6. The Balaban J connectivity index is 1.56. The number of amides is 1. The van der Waals surface area contributed by atoms with Gasteiger partial charge in [0, 0.05) is 30.5 Å². The lowest BCUT2D eigenvalue weighted by Gasteiger charge is -2.34. The normalized spacial score (nSPS) is 25.5. The lowest BCUT2D eigenvalue weighted by molar-refractivity contribution is -0.137. The molecule has 1 saturated carbocycles. The fourth-order valence-electron chi connectivity index (χ4n) is 4.08. The van der Waals surface area contributed by atoms with Crippen LogP contribution in [0.4, 0.5) is 0 Å². The highest BCUT2D eigenvalue weighted by molar-refractivity contribution is 5.98. The van der Waals surface area contributed by atoms with Crippen LogP contribution in [-0.2, 0) is 4.79 Å². The number of hydrogen-bond donors (Lipinski definition) is 1. The molecule has 0 spiro atoms. The fraction of sp³-hybridized carbons (Fsp3) is 0.579. The van der Waals surface area contributed by atoms with Gasteiger partial charge in [0.15, 0.2) is 5.78 Å². The zero-order chi connectivity index (χ0) is 16.2. The first-order valence-electron chi connectivity index (χ1n) is 8.79. The summed E-state index contributed by atoms with van der Waals surface area (Å²) in [4.78, 5) is 27.2. The van der Waals surface area contributed by atoms with Crippen molar-refractivity contribution in [2.75, 3.05) is 19.6 Å². The van der Waals surface area contributed by atoms with Crippen LogP contribution in [0.3, 0.4) is 0 Å². The molecule has 4 heteroatoms. The number of carbonyl (C=O) groups is 2. The van der Waals surface area contributed by atoms with Crippen molar-refractivity contribution in [3.8, 4) is 0 Å². The number of benzene rings is 1. The third-order valence-electron chi connectivity index (χ3n) is 5.51. The first-order valence-corrected chi connectivity index (χ1v) is 8.79. The number of piperidine rings is 1. The topological polar surface area (TPSA) is 63.4 Å². The summed E-state index contributed by atoms with van der Waals surface area (Å²) in [7, 11) is 0. The van der Waals surface area contributed by atoms with Gasteiger partial charge in [-0.2, -0.15) is 0 Å². The van der Waals surface area contributed by atoms with Crippen molar-refractivity contribution in [1.29, 1.82) is 0 Å². The second-order valence-electron chi connectivity index (χ2n) is 6.86. The molecule has 1 aliphatic carbocycles. The van der Waals surface area contributed by atoms with Crippen LogP contribution in [0.25, 0.3) is 0 Å². The Labute approximate surface area is 138 Å². The summed E-state index contributed by atoms with van der Waals surface area (Å²) >= 11 is 0. The number of carbonyl (C=O) groups excluding carboxylic acids is 2. The van der Waals surface area contributed by atoms with Crippen LogP contribution in [-0.4, -0.2) is 36.2 Å². The summed E-state index contributed by atoms with van der Waals surface area (Å²) < 4.78 is 0. The van der Waals surface area contributed by atoms with E-state index in [0.29, 0.717) is 25.6 Å². The van der Waals surface area contributed by atoms with Crippen molar-refractivity contribution in [3.63, 3.8) is 0 Å². The van der Waals surface area contributed by atoms with Crippen LogP contribution in [0.2, 0.25) is 0 Å². The van der Waals surface area contributed by atoms with E-state index in [1.54, 1.807) is 0 Å². The number of nitrogens with two attached hydrogens (primary N) is 1. The Kier molecular flexibility index (Phi) is 5.11. The standard InChI is InChI=1S/C19H26N2O2/c20-13-16-7-4-8-17(16)19(23)21-11-9-15(10-12-21)18(22)14-5-2-1-3-6-14/h1-3,5-6,15-17H,4,7-13,20H2/t16-,17-/m1/s1. The molecule has 23 heavy (non-hydrogen) atoms. The SMILES string of the molecule is NC[C@H]1CCC[C@H]1C(=O)N1CCC(C(=O)c2ccccc2)CC1. The van der Waals surface area contributed by atoms with Gasteiger partial charge in [0.25, 0.3) is 0 Å². The van der Waals surface area contributed by atoms with Gasteiger partial charge < -0.3 is 10.6 Å². The van der Waals surface area contributed by atoms with Crippen LogP contribution in [0.15, 0.2) is 30.3 Å². The quantitative estimate of drug-likeness (QED) is 0.868. The molecule has 2 atom stereocenters. The second kappa shape index (κ2) is 7.26. The molecule has 1 heterocycles. The summed E-state index contributed by atoms with van der Waals surface area (Å²) in [5.74, 6) is 1.00. The van der Waals surface area contributed by atoms with Crippen LogP contribution in [0, 0.1) is 17.8 Å². The highest BCUT2D eigenvalue weighted by Gasteiger charge is 2.36. The number of likely N-dealkylation sites (tertiary alicyclic amines) is 1. The molecule has 1 aromatic carbocycles. The third kappa shape index (κ3) is 3.47. The van der Waals surface area contributed by atoms with E-state index < -0.39 is 0 Å². The van der Waals surface area contributed by atoms with E-state index in [2.05, 4.69) is 0 Å². The van der Waals surface area contributed by atoms with Crippen LogP contribution in [0.1, 0.15) is 42.5 Å². The van der Waals surface area contributed by atoms with Crippen molar-refractivity contribution in [2.24, 2.45) is 23.5 Å².